The Bertz CT molecular complexity index is 366. The molecule has 2 rings (SSSR count). The Morgan fingerprint density at radius 1 is 1.53 bits per heavy atom. The van der Waals surface area contributed by atoms with Crippen LogP contribution in [0.1, 0.15) is 24.8 Å². The number of rotatable bonds is 4. The lowest BCUT2D eigenvalue weighted by molar-refractivity contribution is -0.122. The minimum absolute atomic E-state index is 0.139. The van der Waals surface area contributed by atoms with E-state index >= 15 is 0 Å². The molecule has 4 nitrogen and oxygen atoms in total. The normalized spacial score (nSPS) is 20.4. The van der Waals surface area contributed by atoms with Crippen molar-refractivity contribution in [1.82, 2.24) is 15.2 Å². The maximum Gasteiger partial charge on any atom is 0.221 e. The topological polar surface area (TPSA) is 45.2 Å². The fourth-order valence-electron chi connectivity index (χ4n) is 2.22. The highest BCUT2D eigenvalue weighted by Crippen LogP contribution is 2.17. The van der Waals surface area contributed by atoms with Gasteiger partial charge in [-0.25, -0.2) is 0 Å². The van der Waals surface area contributed by atoms with Crippen LogP contribution in [0, 0.1) is 0 Å². The quantitative estimate of drug-likeness (QED) is 0.849. The first kappa shape index (κ1) is 12.0. The van der Waals surface area contributed by atoms with Crippen molar-refractivity contribution >= 4 is 5.91 Å². The lowest BCUT2D eigenvalue weighted by atomic mass is 10.1. The minimum Gasteiger partial charge on any atom is -0.352 e. The lowest BCUT2D eigenvalue weighted by Gasteiger charge is -2.18. The minimum atomic E-state index is 0.139. The highest BCUT2D eigenvalue weighted by molar-refractivity contribution is 5.76. The summed E-state index contributed by atoms with van der Waals surface area (Å²) in [5.74, 6) is 0.139. The van der Waals surface area contributed by atoms with Crippen LogP contribution < -0.4 is 5.32 Å². The SMILES string of the molecule is CN1CCCC1CC(=O)NCc1ccncc1. The Balaban J connectivity index is 1.74. The number of carbonyl (C=O) groups is 1. The summed E-state index contributed by atoms with van der Waals surface area (Å²) in [6.45, 7) is 1.71. The fourth-order valence-corrected chi connectivity index (χ4v) is 2.22. The van der Waals surface area contributed by atoms with Crippen molar-refractivity contribution in [3.05, 3.63) is 30.1 Å². The zero-order valence-electron chi connectivity index (χ0n) is 10.2. The number of amides is 1. The molecule has 92 valence electrons. The summed E-state index contributed by atoms with van der Waals surface area (Å²) in [6.07, 6.45) is 6.44. The van der Waals surface area contributed by atoms with Crippen LogP contribution in [0.25, 0.3) is 0 Å². The maximum absolute atomic E-state index is 11.8. The largest absolute Gasteiger partial charge is 0.352 e. The van der Waals surface area contributed by atoms with Gasteiger partial charge in [-0.2, -0.15) is 0 Å². The molecule has 1 amide bonds. The van der Waals surface area contributed by atoms with Gasteiger partial charge in [0.05, 0.1) is 0 Å². The molecule has 0 aliphatic carbocycles. The van der Waals surface area contributed by atoms with Crippen molar-refractivity contribution in [3.63, 3.8) is 0 Å². The summed E-state index contributed by atoms with van der Waals surface area (Å²) in [6, 6.07) is 4.26. The highest BCUT2D eigenvalue weighted by atomic mass is 16.1. The van der Waals surface area contributed by atoms with Crippen LogP contribution in [-0.4, -0.2) is 35.4 Å². The first-order valence-corrected chi connectivity index (χ1v) is 6.11. The summed E-state index contributed by atoms with van der Waals surface area (Å²) >= 11 is 0. The molecular formula is C13H19N3O. The zero-order valence-corrected chi connectivity index (χ0v) is 10.2. The predicted octanol–water partition coefficient (Wildman–Crippen LogP) is 1.18. The van der Waals surface area contributed by atoms with Crippen molar-refractivity contribution in [2.45, 2.75) is 31.8 Å². The van der Waals surface area contributed by atoms with Crippen LogP contribution in [0.15, 0.2) is 24.5 Å². The molecule has 1 aromatic heterocycles. The summed E-state index contributed by atoms with van der Waals surface area (Å²) in [5, 5.41) is 2.95. The van der Waals surface area contributed by atoms with Gasteiger partial charge in [0.1, 0.15) is 0 Å². The molecule has 0 bridgehead atoms. The molecule has 1 saturated heterocycles. The van der Waals surface area contributed by atoms with Gasteiger partial charge in [0.15, 0.2) is 0 Å². The van der Waals surface area contributed by atoms with E-state index in [0.717, 1.165) is 18.5 Å². The third-order valence-electron chi connectivity index (χ3n) is 3.33. The molecule has 4 heteroatoms. The molecular weight excluding hydrogens is 214 g/mol. The molecule has 1 atom stereocenters. The number of nitrogens with zero attached hydrogens (tertiary/aromatic N) is 2. The van der Waals surface area contributed by atoms with Gasteiger partial charge in [-0.1, -0.05) is 0 Å². The van der Waals surface area contributed by atoms with E-state index in [1.165, 1.54) is 6.42 Å². The average molecular weight is 233 g/mol. The average Bonchev–Trinajstić information content (AvgIpc) is 2.74. The van der Waals surface area contributed by atoms with Crippen molar-refractivity contribution < 1.29 is 4.79 Å². The van der Waals surface area contributed by atoms with E-state index in [0.29, 0.717) is 19.0 Å². The number of hydrogen-bond donors (Lipinski definition) is 1. The van der Waals surface area contributed by atoms with E-state index in [1.54, 1.807) is 12.4 Å². The van der Waals surface area contributed by atoms with E-state index in [4.69, 9.17) is 0 Å². The highest BCUT2D eigenvalue weighted by Gasteiger charge is 2.22. The Morgan fingerprint density at radius 2 is 2.29 bits per heavy atom. The smallest absolute Gasteiger partial charge is 0.221 e. The molecule has 0 radical (unpaired) electrons. The number of pyridine rings is 1. The van der Waals surface area contributed by atoms with Gasteiger partial charge in [-0.15, -0.1) is 0 Å². The van der Waals surface area contributed by atoms with Crippen molar-refractivity contribution in [2.24, 2.45) is 0 Å². The lowest BCUT2D eigenvalue weighted by Crippen LogP contribution is -2.32. The second kappa shape index (κ2) is 5.77. The molecule has 1 unspecified atom stereocenters. The first-order chi connectivity index (χ1) is 8.25. The number of carbonyl (C=O) groups excluding carboxylic acids is 1. The van der Waals surface area contributed by atoms with Crippen LogP contribution in [-0.2, 0) is 11.3 Å². The number of hydrogen-bond acceptors (Lipinski definition) is 3. The zero-order chi connectivity index (χ0) is 12.1. The summed E-state index contributed by atoms with van der Waals surface area (Å²) < 4.78 is 0. The number of nitrogens with one attached hydrogen (secondary N) is 1. The Kier molecular flexibility index (Phi) is 4.09. The maximum atomic E-state index is 11.8. The Morgan fingerprint density at radius 3 is 2.94 bits per heavy atom. The molecule has 1 aliphatic rings. The van der Waals surface area contributed by atoms with Crippen molar-refractivity contribution in [2.75, 3.05) is 13.6 Å². The van der Waals surface area contributed by atoms with Gasteiger partial charge < -0.3 is 10.2 Å². The van der Waals surface area contributed by atoms with Gasteiger partial charge in [-0.3, -0.25) is 9.78 Å². The second-order valence-electron chi connectivity index (χ2n) is 4.61. The van der Waals surface area contributed by atoms with Gasteiger partial charge in [-0.05, 0) is 44.1 Å². The van der Waals surface area contributed by atoms with Crippen LogP contribution in [0.3, 0.4) is 0 Å². The first-order valence-electron chi connectivity index (χ1n) is 6.11. The van der Waals surface area contributed by atoms with Gasteiger partial charge >= 0.3 is 0 Å². The monoisotopic (exact) mass is 233 g/mol. The van der Waals surface area contributed by atoms with Gasteiger partial charge in [0, 0.05) is 31.4 Å². The van der Waals surface area contributed by atoms with Crippen LogP contribution in [0.5, 0.6) is 0 Å². The number of likely N-dealkylation sites (tertiary alicyclic amines) is 1. The van der Waals surface area contributed by atoms with Gasteiger partial charge in [0.25, 0.3) is 0 Å². The standard InChI is InChI=1S/C13H19N3O/c1-16-8-2-3-12(16)9-13(17)15-10-11-4-6-14-7-5-11/h4-7,12H,2-3,8-10H2,1H3,(H,15,17). The molecule has 0 spiro atoms. The summed E-state index contributed by atoms with van der Waals surface area (Å²) in [4.78, 5) is 18.0. The summed E-state index contributed by atoms with van der Waals surface area (Å²) in [7, 11) is 2.09. The molecule has 17 heavy (non-hydrogen) atoms. The van der Waals surface area contributed by atoms with Crippen LogP contribution in [0.4, 0.5) is 0 Å². The Hall–Kier alpha value is -1.42. The third-order valence-corrected chi connectivity index (χ3v) is 3.33. The van der Waals surface area contributed by atoms with Crippen LogP contribution >= 0.6 is 0 Å². The third kappa shape index (κ3) is 3.53. The molecule has 1 aliphatic heterocycles. The van der Waals surface area contributed by atoms with E-state index in [2.05, 4.69) is 22.2 Å². The second-order valence-corrected chi connectivity index (χ2v) is 4.61. The molecule has 2 heterocycles. The summed E-state index contributed by atoms with van der Waals surface area (Å²) in [5.41, 5.74) is 1.09. The van der Waals surface area contributed by atoms with Crippen molar-refractivity contribution in [1.29, 1.82) is 0 Å². The molecule has 0 aromatic carbocycles. The van der Waals surface area contributed by atoms with E-state index in [9.17, 15) is 4.79 Å². The molecule has 1 N–H and O–H groups in total. The van der Waals surface area contributed by atoms with Gasteiger partial charge in [0.2, 0.25) is 5.91 Å². The molecule has 1 aromatic rings. The van der Waals surface area contributed by atoms with E-state index in [1.807, 2.05) is 12.1 Å². The molecule has 1 fully saturated rings. The fraction of sp³-hybridized carbons (Fsp3) is 0.538. The van der Waals surface area contributed by atoms with Crippen molar-refractivity contribution in [3.8, 4) is 0 Å². The van der Waals surface area contributed by atoms with Crippen LogP contribution in [0.2, 0.25) is 0 Å². The number of aromatic nitrogens is 1. The van der Waals surface area contributed by atoms with E-state index in [-0.39, 0.29) is 5.91 Å². The Labute approximate surface area is 102 Å². The predicted molar refractivity (Wildman–Crippen MR) is 66.4 cm³/mol. The van der Waals surface area contributed by atoms with E-state index < -0.39 is 0 Å². The molecule has 0 saturated carbocycles.